The van der Waals surface area contributed by atoms with Crippen molar-refractivity contribution in [2.45, 2.75) is 0 Å². The van der Waals surface area contributed by atoms with Gasteiger partial charge >= 0.3 is 0 Å². The van der Waals surface area contributed by atoms with Crippen LogP contribution in [0.25, 0.3) is 0 Å². The second-order valence-corrected chi connectivity index (χ2v) is 2.96. The van der Waals surface area contributed by atoms with Gasteiger partial charge in [-0.15, -0.1) is 0 Å². The molecule has 0 radical (unpaired) electrons. The topological polar surface area (TPSA) is 111 Å². The molecule has 76 valence electrons. The van der Waals surface area contributed by atoms with Gasteiger partial charge in [-0.05, 0) is 12.1 Å². The number of aromatic nitrogens is 3. The number of hydrogen-bond donors (Lipinski definition) is 3. The minimum Gasteiger partial charge on any atom is -0.383 e. The van der Waals surface area contributed by atoms with Crippen molar-refractivity contribution in [3.63, 3.8) is 0 Å². The first-order valence-electron chi connectivity index (χ1n) is 4.24. The highest BCUT2D eigenvalue weighted by Gasteiger charge is 2.16. The van der Waals surface area contributed by atoms with Gasteiger partial charge in [-0.3, -0.25) is 9.89 Å². The Morgan fingerprint density at radius 3 is 2.73 bits per heavy atom. The van der Waals surface area contributed by atoms with Crippen LogP contribution in [0.5, 0.6) is 0 Å². The van der Waals surface area contributed by atoms with Crippen molar-refractivity contribution in [3.05, 3.63) is 35.7 Å². The van der Waals surface area contributed by atoms with E-state index in [4.69, 9.17) is 11.5 Å². The number of carbonyl (C=O) groups excluding carboxylic acids is 1. The van der Waals surface area contributed by atoms with Gasteiger partial charge in [0.05, 0.1) is 17.3 Å². The highest BCUT2D eigenvalue weighted by atomic mass is 16.1. The van der Waals surface area contributed by atoms with Crippen molar-refractivity contribution in [1.29, 1.82) is 0 Å². The Bertz CT molecular complexity index is 505. The fraction of sp³-hybridized carbons (Fsp3) is 0. The molecular weight excluding hydrogens is 194 g/mol. The molecule has 0 aromatic carbocycles. The standard InChI is InChI=1S/C9H9N5O/c10-8-5(2-1-3-12-8)7(15)6-4-13-14-9(6)11/h1-4H,(H2,10,12)(H3,11,13,14). The van der Waals surface area contributed by atoms with Crippen LogP contribution >= 0.6 is 0 Å². The minimum atomic E-state index is -0.285. The Morgan fingerprint density at radius 2 is 2.13 bits per heavy atom. The van der Waals surface area contributed by atoms with E-state index < -0.39 is 0 Å². The summed E-state index contributed by atoms with van der Waals surface area (Å²) in [6.07, 6.45) is 2.88. The van der Waals surface area contributed by atoms with E-state index in [-0.39, 0.29) is 17.4 Å². The highest BCUT2D eigenvalue weighted by molar-refractivity contribution is 6.13. The van der Waals surface area contributed by atoms with Gasteiger partial charge < -0.3 is 11.5 Å². The molecule has 0 spiro atoms. The number of pyridine rings is 1. The minimum absolute atomic E-state index is 0.183. The first kappa shape index (κ1) is 9.20. The van der Waals surface area contributed by atoms with Gasteiger partial charge in [-0.2, -0.15) is 5.10 Å². The SMILES string of the molecule is Nc1ncccc1C(=O)c1cn[nH]c1N. The van der Waals surface area contributed by atoms with Crippen molar-refractivity contribution >= 4 is 17.4 Å². The maximum atomic E-state index is 11.9. The molecule has 0 saturated carbocycles. The third-order valence-corrected chi connectivity index (χ3v) is 2.00. The summed E-state index contributed by atoms with van der Waals surface area (Å²) in [5.41, 5.74) is 11.7. The lowest BCUT2D eigenvalue weighted by Crippen LogP contribution is -2.07. The Morgan fingerprint density at radius 1 is 1.33 bits per heavy atom. The zero-order valence-electron chi connectivity index (χ0n) is 7.77. The van der Waals surface area contributed by atoms with Gasteiger partial charge in [0.25, 0.3) is 0 Å². The molecule has 0 aliphatic rings. The van der Waals surface area contributed by atoms with Crippen LogP contribution in [0, 0.1) is 0 Å². The Balaban J connectivity index is 2.46. The van der Waals surface area contributed by atoms with E-state index in [1.54, 1.807) is 12.1 Å². The summed E-state index contributed by atoms with van der Waals surface area (Å²) in [5, 5.41) is 6.15. The van der Waals surface area contributed by atoms with Crippen LogP contribution < -0.4 is 11.5 Å². The van der Waals surface area contributed by atoms with E-state index in [9.17, 15) is 4.79 Å². The fourth-order valence-electron chi connectivity index (χ4n) is 1.23. The second-order valence-electron chi connectivity index (χ2n) is 2.96. The number of nitrogens with one attached hydrogen (secondary N) is 1. The summed E-state index contributed by atoms with van der Waals surface area (Å²) in [4.78, 5) is 15.7. The van der Waals surface area contributed by atoms with Gasteiger partial charge in [-0.25, -0.2) is 4.98 Å². The number of carbonyl (C=O) groups is 1. The van der Waals surface area contributed by atoms with Crippen LogP contribution in [0.1, 0.15) is 15.9 Å². The number of H-pyrrole nitrogens is 1. The van der Waals surface area contributed by atoms with E-state index in [2.05, 4.69) is 15.2 Å². The van der Waals surface area contributed by atoms with E-state index in [0.29, 0.717) is 11.1 Å². The maximum absolute atomic E-state index is 11.9. The summed E-state index contributed by atoms with van der Waals surface area (Å²) in [7, 11) is 0. The number of nitrogens with two attached hydrogens (primary N) is 2. The normalized spacial score (nSPS) is 10.1. The molecule has 0 amide bonds. The summed E-state index contributed by atoms with van der Waals surface area (Å²) < 4.78 is 0. The van der Waals surface area contributed by atoms with Crippen LogP contribution in [0.15, 0.2) is 24.5 Å². The molecule has 2 aromatic rings. The number of nitrogens with zero attached hydrogens (tertiary/aromatic N) is 2. The highest BCUT2D eigenvalue weighted by Crippen LogP contribution is 2.16. The lowest BCUT2D eigenvalue weighted by atomic mass is 10.1. The van der Waals surface area contributed by atoms with Gasteiger partial charge in [0.2, 0.25) is 5.78 Å². The molecule has 6 nitrogen and oxygen atoms in total. The molecule has 2 heterocycles. The molecule has 0 bridgehead atoms. The first-order valence-corrected chi connectivity index (χ1v) is 4.24. The lowest BCUT2D eigenvalue weighted by Gasteiger charge is -2.01. The van der Waals surface area contributed by atoms with Crippen LogP contribution in [-0.4, -0.2) is 21.0 Å². The Kier molecular flexibility index (Phi) is 2.09. The predicted molar refractivity (Wildman–Crippen MR) is 55.1 cm³/mol. The van der Waals surface area contributed by atoms with Crippen molar-refractivity contribution in [2.24, 2.45) is 0 Å². The Labute approximate surface area is 85.3 Å². The van der Waals surface area contributed by atoms with Gasteiger partial charge in [0, 0.05) is 6.20 Å². The molecule has 0 aliphatic heterocycles. The first-order chi connectivity index (χ1) is 7.20. The lowest BCUT2D eigenvalue weighted by molar-refractivity contribution is 0.104. The molecule has 2 aromatic heterocycles. The van der Waals surface area contributed by atoms with Crippen molar-refractivity contribution in [1.82, 2.24) is 15.2 Å². The number of rotatable bonds is 2. The largest absolute Gasteiger partial charge is 0.383 e. The summed E-state index contributed by atoms with van der Waals surface area (Å²) in [5.74, 6) is 0.123. The molecule has 0 fully saturated rings. The van der Waals surface area contributed by atoms with Crippen molar-refractivity contribution < 1.29 is 4.79 Å². The van der Waals surface area contributed by atoms with Crippen LogP contribution in [0.4, 0.5) is 11.6 Å². The molecule has 6 heteroatoms. The third kappa shape index (κ3) is 1.52. The van der Waals surface area contributed by atoms with E-state index in [0.717, 1.165) is 0 Å². The number of aromatic amines is 1. The number of hydrogen-bond acceptors (Lipinski definition) is 5. The Hall–Kier alpha value is -2.37. The van der Waals surface area contributed by atoms with Crippen molar-refractivity contribution in [2.75, 3.05) is 11.5 Å². The smallest absolute Gasteiger partial charge is 0.202 e. The van der Waals surface area contributed by atoms with Crippen LogP contribution in [-0.2, 0) is 0 Å². The quantitative estimate of drug-likeness (QED) is 0.604. The summed E-state index contributed by atoms with van der Waals surface area (Å²) in [6, 6.07) is 3.23. The summed E-state index contributed by atoms with van der Waals surface area (Å²) in [6.45, 7) is 0. The molecule has 15 heavy (non-hydrogen) atoms. The van der Waals surface area contributed by atoms with Crippen LogP contribution in [0.3, 0.4) is 0 Å². The average molecular weight is 203 g/mol. The number of ketones is 1. The zero-order chi connectivity index (χ0) is 10.8. The van der Waals surface area contributed by atoms with Gasteiger partial charge in [0.1, 0.15) is 11.6 Å². The van der Waals surface area contributed by atoms with Crippen molar-refractivity contribution in [3.8, 4) is 0 Å². The molecule has 2 rings (SSSR count). The fourth-order valence-corrected chi connectivity index (χ4v) is 1.23. The van der Waals surface area contributed by atoms with E-state index in [1.807, 2.05) is 0 Å². The van der Waals surface area contributed by atoms with E-state index >= 15 is 0 Å². The summed E-state index contributed by atoms with van der Waals surface area (Å²) >= 11 is 0. The number of anilines is 2. The second kappa shape index (κ2) is 3.41. The molecule has 0 saturated heterocycles. The van der Waals surface area contributed by atoms with E-state index in [1.165, 1.54) is 12.4 Å². The van der Waals surface area contributed by atoms with Gasteiger partial charge in [0.15, 0.2) is 0 Å². The van der Waals surface area contributed by atoms with Gasteiger partial charge in [-0.1, -0.05) is 0 Å². The molecule has 5 N–H and O–H groups in total. The average Bonchev–Trinajstić information content (AvgIpc) is 2.64. The zero-order valence-corrected chi connectivity index (χ0v) is 7.77. The molecule has 0 unspecified atom stereocenters. The molecular formula is C9H9N5O. The predicted octanol–water partition coefficient (Wildman–Crippen LogP) is 0.200. The monoisotopic (exact) mass is 203 g/mol. The van der Waals surface area contributed by atoms with Crippen LogP contribution in [0.2, 0.25) is 0 Å². The maximum Gasteiger partial charge on any atom is 0.202 e. The molecule has 0 aliphatic carbocycles. The number of nitrogen functional groups attached to an aromatic ring is 2. The third-order valence-electron chi connectivity index (χ3n) is 2.00. The molecule has 0 atom stereocenters.